The van der Waals surface area contributed by atoms with E-state index in [1.807, 2.05) is 0 Å². The second kappa shape index (κ2) is 4.79. The minimum Gasteiger partial charge on any atom is -0.356 e. The van der Waals surface area contributed by atoms with Crippen LogP contribution >= 0.6 is 27.3 Å². The summed E-state index contributed by atoms with van der Waals surface area (Å²) < 4.78 is 1.17. The lowest BCUT2D eigenvalue weighted by Gasteiger charge is -2.15. The Morgan fingerprint density at radius 3 is 3.14 bits per heavy atom. The maximum absolute atomic E-state index is 4.34. The highest BCUT2D eigenvalue weighted by atomic mass is 79.9. The van der Waals surface area contributed by atoms with E-state index in [9.17, 15) is 0 Å². The van der Waals surface area contributed by atoms with Crippen molar-refractivity contribution in [3.63, 3.8) is 0 Å². The fourth-order valence-corrected chi connectivity index (χ4v) is 2.69. The van der Waals surface area contributed by atoms with E-state index in [1.54, 1.807) is 11.3 Å². The average Bonchev–Trinajstić information content (AvgIpc) is 2.63. The Kier molecular flexibility index (Phi) is 3.42. The van der Waals surface area contributed by atoms with Gasteiger partial charge in [-0.15, -0.1) is 11.3 Å². The molecular formula is C9H12BrN3S. The maximum Gasteiger partial charge on any atom is 0.191 e. The Bertz CT molecular complexity index is 335. The molecule has 2 N–H and O–H groups in total. The third-order valence-corrected chi connectivity index (χ3v) is 3.58. The Labute approximate surface area is 95.8 Å². The molecule has 0 saturated heterocycles. The van der Waals surface area contributed by atoms with Crippen LogP contribution < -0.4 is 10.6 Å². The SMILES string of the molecule is Brc1ccc(CNC2=NCCCN2)s1. The quantitative estimate of drug-likeness (QED) is 0.864. The van der Waals surface area contributed by atoms with Gasteiger partial charge in [0, 0.05) is 18.0 Å². The van der Waals surface area contributed by atoms with Gasteiger partial charge < -0.3 is 10.6 Å². The number of nitrogens with one attached hydrogen (secondary N) is 2. The molecule has 0 aliphatic carbocycles. The number of guanidine groups is 1. The molecule has 76 valence electrons. The molecule has 2 rings (SSSR count). The maximum atomic E-state index is 4.34. The van der Waals surface area contributed by atoms with Crippen LogP contribution in [0.2, 0.25) is 0 Å². The number of rotatable bonds is 2. The largest absolute Gasteiger partial charge is 0.356 e. The van der Waals surface area contributed by atoms with Gasteiger partial charge in [0.2, 0.25) is 0 Å². The summed E-state index contributed by atoms with van der Waals surface area (Å²) in [5.41, 5.74) is 0. The van der Waals surface area contributed by atoms with Crippen LogP contribution in [0.5, 0.6) is 0 Å². The molecule has 1 aliphatic heterocycles. The highest BCUT2D eigenvalue weighted by molar-refractivity contribution is 9.11. The third kappa shape index (κ3) is 2.72. The van der Waals surface area contributed by atoms with Crippen molar-refractivity contribution in [1.82, 2.24) is 10.6 Å². The Morgan fingerprint density at radius 1 is 1.57 bits per heavy atom. The van der Waals surface area contributed by atoms with Crippen LogP contribution in [0.25, 0.3) is 0 Å². The predicted octanol–water partition coefficient (Wildman–Crippen LogP) is 1.95. The van der Waals surface area contributed by atoms with E-state index in [1.165, 1.54) is 8.66 Å². The van der Waals surface area contributed by atoms with E-state index in [2.05, 4.69) is 43.7 Å². The molecule has 1 aromatic rings. The van der Waals surface area contributed by atoms with E-state index in [-0.39, 0.29) is 0 Å². The van der Waals surface area contributed by atoms with Gasteiger partial charge in [0.05, 0.1) is 10.3 Å². The Hall–Kier alpha value is -0.550. The summed E-state index contributed by atoms with van der Waals surface area (Å²) in [6.45, 7) is 2.81. The van der Waals surface area contributed by atoms with Crippen LogP contribution in [0.4, 0.5) is 0 Å². The molecule has 3 nitrogen and oxygen atoms in total. The van der Waals surface area contributed by atoms with Crippen molar-refractivity contribution in [2.45, 2.75) is 13.0 Å². The molecule has 0 atom stereocenters. The Morgan fingerprint density at radius 2 is 2.50 bits per heavy atom. The van der Waals surface area contributed by atoms with Crippen LogP contribution in [-0.2, 0) is 6.54 Å². The fraction of sp³-hybridized carbons (Fsp3) is 0.444. The van der Waals surface area contributed by atoms with Gasteiger partial charge in [-0.2, -0.15) is 0 Å². The van der Waals surface area contributed by atoms with Crippen molar-refractivity contribution in [2.75, 3.05) is 13.1 Å². The molecule has 0 aromatic carbocycles. The fourth-order valence-electron chi connectivity index (χ4n) is 1.27. The van der Waals surface area contributed by atoms with E-state index in [0.29, 0.717) is 0 Å². The van der Waals surface area contributed by atoms with Crippen LogP contribution in [0, 0.1) is 0 Å². The van der Waals surface area contributed by atoms with Gasteiger partial charge in [0.1, 0.15) is 0 Å². The van der Waals surface area contributed by atoms with Crippen molar-refractivity contribution < 1.29 is 0 Å². The molecule has 0 unspecified atom stereocenters. The highest BCUT2D eigenvalue weighted by Gasteiger charge is 2.03. The van der Waals surface area contributed by atoms with E-state index in [4.69, 9.17) is 0 Å². The zero-order valence-corrected chi connectivity index (χ0v) is 10.1. The molecule has 0 bridgehead atoms. The summed E-state index contributed by atoms with van der Waals surface area (Å²) in [5, 5.41) is 6.51. The van der Waals surface area contributed by atoms with E-state index < -0.39 is 0 Å². The summed E-state index contributed by atoms with van der Waals surface area (Å²) in [4.78, 5) is 5.65. The number of aliphatic imine (C=N–C) groups is 1. The summed E-state index contributed by atoms with van der Waals surface area (Å²) in [6, 6.07) is 4.18. The van der Waals surface area contributed by atoms with Gasteiger partial charge in [0.25, 0.3) is 0 Å². The molecule has 2 heterocycles. The summed E-state index contributed by atoms with van der Waals surface area (Å²) >= 11 is 5.19. The van der Waals surface area contributed by atoms with Crippen molar-refractivity contribution in [3.8, 4) is 0 Å². The first-order valence-corrected chi connectivity index (χ1v) is 6.22. The lowest BCUT2D eigenvalue weighted by atomic mass is 10.4. The van der Waals surface area contributed by atoms with Gasteiger partial charge >= 0.3 is 0 Å². The lowest BCUT2D eigenvalue weighted by molar-refractivity contribution is 0.703. The normalized spacial score (nSPS) is 15.9. The summed E-state index contributed by atoms with van der Waals surface area (Å²) in [6.07, 6.45) is 1.13. The number of hydrogen-bond donors (Lipinski definition) is 2. The van der Waals surface area contributed by atoms with Gasteiger partial charge in [0.15, 0.2) is 5.96 Å². The molecule has 14 heavy (non-hydrogen) atoms. The first kappa shape index (κ1) is 9.98. The number of nitrogens with zero attached hydrogens (tertiary/aromatic N) is 1. The Balaban J connectivity index is 1.84. The van der Waals surface area contributed by atoms with Gasteiger partial charge in [-0.25, -0.2) is 0 Å². The van der Waals surface area contributed by atoms with Crippen molar-refractivity contribution in [3.05, 3.63) is 20.8 Å². The molecule has 5 heteroatoms. The topological polar surface area (TPSA) is 36.4 Å². The number of halogens is 1. The number of hydrogen-bond acceptors (Lipinski definition) is 4. The molecule has 0 fully saturated rings. The zero-order valence-electron chi connectivity index (χ0n) is 7.72. The summed E-state index contributed by atoms with van der Waals surface area (Å²) in [7, 11) is 0. The number of thiophene rings is 1. The standard InChI is InChI=1S/C9H12BrN3S/c10-8-3-2-7(14-8)6-13-9-11-4-1-5-12-9/h2-3H,1,4-6H2,(H2,11,12,13). The van der Waals surface area contributed by atoms with E-state index in [0.717, 1.165) is 32.0 Å². The van der Waals surface area contributed by atoms with Gasteiger partial charge in [-0.05, 0) is 34.5 Å². The second-order valence-electron chi connectivity index (χ2n) is 3.07. The molecule has 1 aliphatic rings. The van der Waals surface area contributed by atoms with Crippen LogP contribution in [-0.4, -0.2) is 19.0 Å². The predicted molar refractivity (Wildman–Crippen MR) is 63.8 cm³/mol. The molecule has 0 saturated carbocycles. The molecule has 1 aromatic heterocycles. The highest BCUT2D eigenvalue weighted by Crippen LogP contribution is 2.21. The molecule has 0 amide bonds. The van der Waals surface area contributed by atoms with Gasteiger partial charge in [-0.3, -0.25) is 4.99 Å². The van der Waals surface area contributed by atoms with Gasteiger partial charge in [-0.1, -0.05) is 0 Å². The third-order valence-electron chi connectivity index (χ3n) is 1.96. The first-order valence-electron chi connectivity index (χ1n) is 4.61. The van der Waals surface area contributed by atoms with Crippen LogP contribution in [0.1, 0.15) is 11.3 Å². The minimum absolute atomic E-state index is 0.849. The second-order valence-corrected chi connectivity index (χ2v) is 5.62. The molecule has 0 radical (unpaired) electrons. The van der Waals surface area contributed by atoms with Crippen LogP contribution in [0.3, 0.4) is 0 Å². The van der Waals surface area contributed by atoms with Crippen molar-refractivity contribution >= 4 is 33.2 Å². The molecular weight excluding hydrogens is 262 g/mol. The van der Waals surface area contributed by atoms with Crippen molar-refractivity contribution in [2.24, 2.45) is 4.99 Å². The lowest BCUT2D eigenvalue weighted by Crippen LogP contribution is -2.40. The zero-order chi connectivity index (χ0) is 9.80. The monoisotopic (exact) mass is 273 g/mol. The van der Waals surface area contributed by atoms with E-state index >= 15 is 0 Å². The summed E-state index contributed by atoms with van der Waals surface area (Å²) in [5.74, 6) is 0.931. The first-order chi connectivity index (χ1) is 6.84. The average molecular weight is 274 g/mol. The molecule has 0 spiro atoms. The smallest absolute Gasteiger partial charge is 0.191 e. The van der Waals surface area contributed by atoms with Crippen LogP contribution in [0.15, 0.2) is 20.9 Å². The minimum atomic E-state index is 0.849. The van der Waals surface area contributed by atoms with Crippen molar-refractivity contribution in [1.29, 1.82) is 0 Å².